The van der Waals surface area contributed by atoms with E-state index in [1.807, 2.05) is 29.8 Å². The minimum atomic E-state index is 0.529. The third kappa shape index (κ3) is 3.97. The highest BCUT2D eigenvalue weighted by atomic mass is 32.1. The second kappa shape index (κ2) is 8.01. The van der Waals surface area contributed by atoms with Crippen molar-refractivity contribution in [2.45, 2.75) is 33.9 Å². The molecule has 0 aliphatic rings. The molecule has 2 aromatic rings. The Kier molecular flexibility index (Phi) is 6.03. The lowest BCUT2D eigenvalue weighted by Gasteiger charge is -2.14. The molecule has 0 amide bonds. The van der Waals surface area contributed by atoms with E-state index in [1.54, 1.807) is 14.2 Å². The van der Waals surface area contributed by atoms with E-state index in [0.29, 0.717) is 17.4 Å². The van der Waals surface area contributed by atoms with Crippen LogP contribution >= 0.6 is 12.2 Å². The molecule has 130 valence electrons. The van der Waals surface area contributed by atoms with Crippen molar-refractivity contribution in [3.63, 3.8) is 0 Å². The van der Waals surface area contributed by atoms with Crippen molar-refractivity contribution in [2.24, 2.45) is 0 Å². The zero-order valence-electron chi connectivity index (χ0n) is 14.8. The SMILES string of the molecule is CCn1nc(C)c(CNC(=S)Nc2ccc(OC)cc2OC)c1C. The average Bonchev–Trinajstić information content (AvgIpc) is 2.86. The van der Waals surface area contributed by atoms with E-state index in [9.17, 15) is 0 Å². The number of hydrogen-bond donors (Lipinski definition) is 2. The average molecular weight is 348 g/mol. The van der Waals surface area contributed by atoms with Gasteiger partial charge in [0.1, 0.15) is 11.5 Å². The monoisotopic (exact) mass is 348 g/mol. The number of thiocarbonyl (C=S) groups is 1. The van der Waals surface area contributed by atoms with Gasteiger partial charge in [0, 0.05) is 30.4 Å². The van der Waals surface area contributed by atoms with Crippen molar-refractivity contribution >= 4 is 23.0 Å². The number of benzene rings is 1. The summed E-state index contributed by atoms with van der Waals surface area (Å²) in [6.45, 7) is 7.65. The van der Waals surface area contributed by atoms with Crippen LogP contribution in [0, 0.1) is 13.8 Å². The van der Waals surface area contributed by atoms with Gasteiger partial charge in [0.2, 0.25) is 0 Å². The number of aryl methyl sites for hydroxylation is 2. The maximum atomic E-state index is 5.39. The molecule has 24 heavy (non-hydrogen) atoms. The smallest absolute Gasteiger partial charge is 0.171 e. The highest BCUT2D eigenvalue weighted by molar-refractivity contribution is 7.80. The van der Waals surface area contributed by atoms with Crippen molar-refractivity contribution in [1.82, 2.24) is 15.1 Å². The molecule has 0 spiro atoms. The number of methoxy groups -OCH3 is 2. The summed E-state index contributed by atoms with van der Waals surface area (Å²) in [5.74, 6) is 1.40. The summed E-state index contributed by atoms with van der Waals surface area (Å²) in [6.07, 6.45) is 0. The van der Waals surface area contributed by atoms with Crippen LogP contribution < -0.4 is 20.1 Å². The van der Waals surface area contributed by atoms with Gasteiger partial charge < -0.3 is 20.1 Å². The van der Waals surface area contributed by atoms with Gasteiger partial charge in [-0.15, -0.1) is 0 Å². The summed E-state index contributed by atoms with van der Waals surface area (Å²) in [6, 6.07) is 5.54. The number of nitrogens with one attached hydrogen (secondary N) is 2. The fourth-order valence-electron chi connectivity index (χ4n) is 2.53. The fourth-order valence-corrected chi connectivity index (χ4v) is 2.72. The molecule has 2 N–H and O–H groups in total. The molecule has 0 saturated carbocycles. The lowest BCUT2D eigenvalue weighted by molar-refractivity contribution is 0.395. The molecule has 0 bridgehead atoms. The van der Waals surface area contributed by atoms with Gasteiger partial charge in [0.15, 0.2) is 5.11 Å². The Balaban J connectivity index is 2.03. The van der Waals surface area contributed by atoms with Crippen molar-refractivity contribution in [3.05, 3.63) is 35.2 Å². The Morgan fingerprint density at radius 2 is 2.00 bits per heavy atom. The molecule has 0 saturated heterocycles. The Morgan fingerprint density at radius 1 is 1.25 bits per heavy atom. The number of rotatable bonds is 6. The van der Waals surface area contributed by atoms with Crippen LogP contribution in [-0.2, 0) is 13.1 Å². The van der Waals surface area contributed by atoms with Crippen LogP contribution in [0.1, 0.15) is 23.9 Å². The van der Waals surface area contributed by atoms with E-state index in [-0.39, 0.29) is 0 Å². The van der Waals surface area contributed by atoms with Gasteiger partial charge in [-0.3, -0.25) is 4.68 Å². The molecule has 0 aliphatic heterocycles. The third-order valence-electron chi connectivity index (χ3n) is 3.91. The van der Waals surface area contributed by atoms with Gasteiger partial charge >= 0.3 is 0 Å². The molecule has 6 nitrogen and oxygen atoms in total. The van der Waals surface area contributed by atoms with E-state index in [2.05, 4.69) is 29.6 Å². The zero-order valence-corrected chi connectivity index (χ0v) is 15.6. The molecule has 0 fully saturated rings. The summed E-state index contributed by atoms with van der Waals surface area (Å²) in [7, 11) is 3.23. The summed E-state index contributed by atoms with van der Waals surface area (Å²) in [4.78, 5) is 0. The van der Waals surface area contributed by atoms with Gasteiger partial charge in [0.05, 0.1) is 25.6 Å². The standard InChI is InChI=1S/C17H24N4O2S/c1-6-21-12(3)14(11(2)20-21)10-18-17(24)19-15-8-7-13(22-4)9-16(15)23-5/h7-9H,6,10H2,1-5H3,(H2,18,19,24). The van der Waals surface area contributed by atoms with Crippen LogP contribution in [0.4, 0.5) is 5.69 Å². The van der Waals surface area contributed by atoms with Gasteiger partial charge in [-0.1, -0.05) is 0 Å². The van der Waals surface area contributed by atoms with E-state index < -0.39 is 0 Å². The van der Waals surface area contributed by atoms with E-state index >= 15 is 0 Å². The second-order valence-corrected chi connectivity index (χ2v) is 5.75. The Morgan fingerprint density at radius 3 is 2.58 bits per heavy atom. The Hall–Kier alpha value is -2.28. The maximum Gasteiger partial charge on any atom is 0.171 e. The van der Waals surface area contributed by atoms with Gasteiger partial charge in [0.25, 0.3) is 0 Å². The molecule has 1 aromatic heterocycles. The second-order valence-electron chi connectivity index (χ2n) is 5.34. The molecule has 2 rings (SSSR count). The predicted octanol–water partition coefficient (Wildman–Crippen LogP) is 3.02. The van der Waals surface area contributed by atoms with E-state index in [0.717, 1.165) is 29.4 Å². The number of anilines is 1. The Labute approximate surface area is 148 Å². The first kappa shape index (κ1) is 18.1. The highest BCUT2D eigenvalue weighted by Crippen LogP contribution is 2.28. The zero-order chi connectivity index (χ0) is 17.7. The first-order valence-corrected chi connectivity index (χ1v) is 8.20. The topological polar surface area (TPSA) is 60.3 Å². The summed E-state index contributed by atoms with van der Waals surface area (Å²) in [5, 5.41) is 11.4. The molecule has 7 heteroatoms. The van der Waals surface area contributed by atoms with Crippen molar-refractivity contribution in [3.8, 4) is 11.5 Å². The minimum Gasteiger partial charge on any atom is -0.497 e. The van der Waals surface area contributed by atoms with Crippen LogP contribution in [0.15, 0.2) is 18.2 Å². The number of aromatic nitrogens is 2. The van der Waals surface area contributed by atoms with Crippen LogP contribution in [0.25, 0.3) is 0 Å². The fraction of sp³-hybridized carbons (Fsp3) is 0.412. The normalized spacial score (nSPS) is 10.4. The van der Waals surface area contributed by atoms with E-state index in [4.69, 9.17) is 21.7 Å². The van der Waals surface area contributed by atoms with Gasteiger partial charge in [-0.05, 0) is 45.1 Å². The van der Waals surface area contributed by atoms with E-state index in [1.165, 1.54) is 5.56 Å². The molecular weight excluding hydrogens is 324 g/mol. The van der Waals surface area contributed by atoms with Crippen LogP contribution in [0.2, 0.25) is 0 Å². The summed E-state index contributed by atoms with van der Waals surface area (Å²) in [5.41, 5.74) is 4.13. The number of ether oxygens (including phenoxy) is 2. The van der Waals surface area contributed by atoms with Gasteiger partial charge in [-0.25, -0.2) is 0 Å². The minimum absolute atomic E-state index is 0.529. The summed E-state index contributed by atoms with van der Waals surface area (Å²) < 4.78 is 12.6. The lowest BCUT2D eigenvalue weighted by Crippen LogP contribution is -2.28. The molecular formula is C17H24N4O2S. The third-order valence-corrected chi connectivity index (χ3v) is 4.16. The van der Waals surface area contributed by atoms with Gasteiger partial charge in [-0.2, -0.15) is 5.10 Å². The molecule has 0 atom stereocenters. The molecule has 0 unspecified atom stereocenters. The highest BCUT2D eigenvalue weighted by Gasteiger charge is 2.11. The van der Waals surface area contributed by atoms with Crippen molar-refractivity contribution < 1.29 is 9.47 Å². The van der Waals surface area contributed by atoms with Crippen LogP contribution in [-0.4, -0.2) is 29.1 Å². The quantitative estimate of drug-likeness (QED) is 0.783. The van der Waals surface area contributed by atoms with Crippen LogP contribution in [0.5, 0.6) is 11.5 Å². The molecule has 1 heterocycles. The molecule has 0 aliphatic carbocycles. The molecule has 0 radical (unpaired) electrons. The lowest BCUT2D eigenvalue weighted by atomic mass is 10.2. The van der Waals surface area contributed by atoms with Crippen molar-refractivity contribution in [1.29, 1.82) is 0 Å². The first-order chi connectivity index (χ1) is 11.5. The summed E-state index contributed by atoms with van der Waals surface area (Å²) >= 11 is 5.39. The van der Waals surface area contributed by atoms with Crippen LogP contribution in [0.3, 0.4) is 0 Å². The largest absolute Gasteiger partial charge is 0.497 e. The number of hydrogen-bond acceptors (Lipinski definition) is 4. The predicted molar refractivity (Wildman–Crippen MR) is 100.0 cm³/mol. The number of nitrogens with zero attached hydrogens (tertiary/aromatic N) is 2. The first-order valence-electron chi connectivity index (χ1n) is 7.79. The van der Waals surface area contributed by atoms with Crippen molar-refractivity contribution in [2.75, 3.05) is 19.5 Å². The maximum absolute atomic E-state index is 5.39. The molecule has 1 aromatic carbocycles. The Bertz CT molecular complexity index is 728.